The zero-order valence-electron chi connectivity index (χ0n) is 11.7. The third-order valence-corrected chi connectivity index (χ3v) is 6.63. The van der Waals surface area contributed by atoms with E-state index in [1.165, 1.54) is 33.3 Å². The summed E-state index contributed by atoms with van der Waals surface area (Å²) in [5.41, 5.74) is 17.2. The summed E-state index contributed by atoms with van der Waals surface area (Å²) in [6.45, 7) is 0. The molecule has 11 heteroatoms. The molecule has 0 saturated carbocycles. The predicted octanol–water partition coefficient (Wildman–Crippen LogP) is 4.05. The Hall–Kier alpha value is 0.223. The number of nitrogens with one attached hydrogen (secondary N) is 3. The molecule has 0 fully saturated rings. The molecule has 1 aromatic rings. The molecule has 0 aromatic heterocycles. The van der Waals surface area contributed by atoms with E-state index in [9.17, 15) is 26.3 Å². The zero-order chi connectivity index (χ0) is 17.0. The van der Waals surface area contributed by atoms with Crippen molar-refractivity contribution in [2.24, 2.45) is 0 Å². The van der Waals surface area contributed by atoms with Gasteiger partial charge in [0.05, 0.1) is 0 Å². The van der Waals surface area contributed by atoms with E-state index in [2.05, 4.69) is 0 Å². The Kier molecular flexibility index (Phi) is 21.1. The van der Waals surface area contributed by atoms with E-state index in [0.717, 1.165) is 12.1 Å². The fourth-order valence-electron chi connectivity index (χ4n) is 1.14. The van der Waals surface area contributed by atoms with Gasteiger partial charge in [0.2, 0.25) is 0 Å². The van der Waals surface area contributed by atoms with Crippen LogP contribution in [0.1, 0.15) is 0 Å². The maximum Gasteiger partial charge on any atom is 4.00 e. The Labute approximate surface area is 143 Å². The molecule has 0 amide bonds. The van der Waals surface area contributed by atoms with E-state index in [1.54, 1.807) is 0 Å². The molecule has 0 spiro atoms. The van der Waals surface area contributed by atoms with Crippen LogP contribution in [0, 0.1) is 0 Å². The first kappa shape index (κ1) is 29.3. The first-order chi connectivity index (χ1) is 9.23. The molecule has 1 rings (SSSR count). The summed E-state index contributed by atoms with van der Waals surface area (Å²) in [6.07, 6.45) is 0. The quantitative estimate of drug-likeness (QED) is 0.291. The smallest absolute Gasteiger partial charge is 4.00 e. The minimum atomic E-state index is -5.46. The van der Waals surface area contributed by atoms with Crippen molar-refractivity contribution in [1.82, 2.24) is 0 Å². The van der Waals surface area contributed by atoms with Crippen LogP contribution in [0.3, 0.4) is 0 Å². The molecular formula is C10H17F6GeHfN3. The van der Waals surface area contributed by atoms with E-state index >= 15 is 0 Å². The Bertz CT molecular complexity index is 289. The first-order valence-electron chi connectivity index (χ1n) is 5.08. The Morgan fingerprint density at radius 3 is 1.14 bits per heavy atom. The molecule has 122 valence electrons. The van der Waals surface area contributed by atoms with Gasteiger partial charge in [0.1, 0.15) is 0 Å². The van der Waals surface area contributed by atoms with Gasteiger partial charge in [-0.25, -0.2) is 0 Å². The molecule has 21 heavy (non-hydrogen) atoms. The van der Waals surface area contributed by atoms with E-state index in [-0.39, 0.29) is 25.8 Å². The molecule has 0 atom stereocenters. The largest absolute Gasteiger partial charge is 4.00 e. The van der Waals surface area contributed by atoms with Gasteiger partial charge in [-0.2, -0.15) is 21.1 Å². The monoisotopic (exact) mass is 547 g/mol. The van der Waals surface area contributed by atoms with Crippen LogP contribution < -0.4 is 4.40 Å². The number of halogens is 6. The Morgan fingerprint density at radius 1 is 0.714 bits per heavy atom. The molecule has 3 nitrogen and oxygen atoms in total. The summed E-state index contributed by atoms with van der Waals surface area (Å²) in [6, 6.07) is 4.16. The summed E-state index contributed by atoms with van der Waals surface area (Å²) < 4.78 is 72.3. The second-order valence-corrected chi connectivity index (χ2v) is 8.70. The number of alkyl halides is 6. The van der Waals surface area contributed by atoms with Crippen molar-refractivity contribution in [3.63, 3.8) is 0 Å². The van der Waals surface area contributed by atoms with Crippen LogP contribution in [0.25, 0.3) is 17.2 Å². The van der Waals surface area contributed by atoms with Gasteiger partial charge >= 0.3 is 105 Å². The molecule has 0 aliphatic heterocycles. The first-order valence-corrected chi connectivity index (χ1v) is 8.71. The van der Waals surface area contributed by atoms with Crippen LogP contribution in [0.4, 0.5) is 26.3 Å². The number of rotatable bonds is 1. The normalized spacial score (nSPS) is 9.95. The zero-order valence-corrected chi connectivity index (χ0v) is 17.7. The molecule has 3 N–H and O–H groups in total. The summed E-state index contributed by atoms with van der Waals surface area (Å²) >= 11 is -5.46. The molecule has 0 radical (unpaired) electrons. The summed E-state index contributed by atoms with van der Waals surface area (Å²) in [5.74, 6) is 0. The van der Waals surface area contributed by atoms with Gasteiger partial charge in [-0.1, -0.05) is 0 Å². The van der Waals surface area contributed by atoms with Gasteiger partial charge in [-0.15, -0.1) is 0 Å². The molecule has 0 heterocycles. The van der Waals surface area contributed by atoms with Gasteiger partial charge in [0.15, 0.2) is 0 Å². The molecule has 0 bridgehead atoms. The fourth-order valence-corrected chi connectivity index (χ4v) is 4.78. The molecular weight excluding hydrogens is 527 g/mol. The van der Waals surface area contributed by atoms with Crippen molar-refractivity contribution in [3.8, 4) is 0 Å². The minimum absolute atomic E-state index is 0. The second kappa shape index (κ2) is 15.1. The van der Waals surface area contributed by atoms with Crippen molar-refractivity contribution in [2.45, 2.75) is 10.0 Å². The molecule has 0 aliphatic carbocycles. The van der Waals surface area contributed by atoms with E-state index in [1.807, 2.05) is 0 Å². The third kappa shape index (κ3) is 12.5. The van der Waals surface area contributed by atoms with Crippen molar-refractivity contribution in [3.05, 3.63) is 41.5 Å². The maximum absolute atomic E-state index is 12.1. The summed E-state index contributed by atoms with van der Waals surface area (Å²) in [5, 5.41) is -10.2. The van der Waals surface area contributed by atoms with Crippen LogP contribution in [-0.4, -0.2) is 45.5 Å². The Balaban J connectivity index is -0.000000183. The van der Waals surface area contributed by atoms with Gasteiger partial charge in [0.25, 0.3) is 0 Å². The second-order valence-electron chi connectivity index (χ2n) is 2.73. The topological polar surface area (TPSA) is 71.4 Å². The van der Waals surface area contributed by atoms with E-state index in [4.69, 9.17) is 17.2 Å². The van der Waals surface area contributed by atoms with Crippen LogP contribution in [0.2, 0.25) is 0 Å². The van der Waals surface area contributed by atoms with Crippen LogP contribution >= 0.6 is 0 Å². The van der Waals surface area contributed by atoms with Gasteiger partial charge in [-0.05, 0) is 0 Å². The van der Waals surface area contributed by atoms with E-state index in [0.29, 0.717) is 0 Å². The average Bonchev–Trinajstić information content (AvgIpc) is 2.86. The molecule has 0 aliphatic rings. The average molecular weight is 544 g/mol. The molecule has 0 saturated heterocycles. The van der Waals surface area contributed by atoms with Crippen LogP contribution in [0.15, 0.2) is 24.3 Å². The van der Waals surface area contributed by atoms with Crippen molar-refractivity contribution in [2.75, 3.05) is 21.1 Å². The number of hydrogen-bond donors (Lipinski definition) is 0. The summed E-state index contributed by atoms with van der Waals surface area (Å²) in [7, 11) is 3.75. The maximum atomic E-state index is 12.1. The summed E-state index contributed by atoms with van der Waals surface area (Å²) in [4.78, 5) is 0. The number of hydrogen-bond acceptors (Lipinski definition) is 0. The van der Waals surface area contributed by atoms with Crippen molar-refractivity contribution >= 4 is 18.7 Å². The van der Waals surface area contributed by atoms with Gasteiger partial charge < -0.3 is 17.2 Å². The van der Waals surface area contributed by atoms with Crippen molar-refractivity contribution in [1.29, 1.82) is 0 Å². The predicted molar refractivity (Wildman–Crippen MR) is 71.7 cm³/mol. The minimum Gasteiger partial charge on any atom is 4.00 e. The molecule has 0 unspecified atom stereocenters. The van der Waals surface area contributed by atoms with Crippen LogP contribution in [-0.2, 0) is 25.8 Å². The third-order valence-electron chi connectivity index (χ3n) is 1.68. The van der Waals surface area contributed by atoms with E-state index < -0.39 is 28.8 Å². The van der Waals surface area contributed by atoms with Gasteiger partial charge in [0, 0.05) is 0 Å². The Morgan fingerprint density at radius 2 is 0.952 bits per heavy atom. The standard InChI is InChI=1S/C7H5F6Ge.3CH4N.Hf/c8-6(9,10)14(7(11,12)13)5-3-1-2-4-5;3*1-2;/h1-4,14H;3*2H,1H3;/q4*-1;+4. The fraction of sp³-hybridized carbons (Fsp3) is 0.500. The SMILES string of the molecule is C[NH-].C[NH-].C[NH-].F[C](F)(F)[GeH]([c-]1cccc1)[C](F)(F)F.[Hf+4]. The van der Waals surface area contributed by atoms with Gasteiger partial charge in [-0.3, -0.25) is 0 Å². The van der Waals surface area contributed by atoms with Crippen LogP contribution in [0.5, 0.6) is 0 Å². The van der Waals surface area contributed by atoms with Crippen molar-refractivity contribution < 1.29 is 52.2 Å². The molecule has 1 aromatic carbocycles.